The molecule has 0 unspecified atom stereocenters. The highest BCUT2D eigenvalue weighted by Crippen LogP contribution is 2.09. The van der Waals surface area contributed by atoms with Gasteiger partial charge in [0.1, 0.15) is 5.82 Å². The average Bonchev–Trinajstić information content (AvgIpc) is 2.17. The number of aryl methyl sites for hydroxylation is 1. The summed E-state index contributed by atoms with van der Waals surface area (Å²) in [6.07, 6.45) is 0. The monoisotopic (exact) mass is 246 g/mol. The smallest absolute Gasteiger partial charge is 0.251 e. The van der Waals surface area contributed by atoms with Crippen LogP contribution < -0.4 is 10.6 Å². The Hall–Kier alpha value is -1.13. The molecule has 0 aliphatic carbocycles. The van der Waals surface area contributed by atoms with E-state index in [1.165, 1.54) is 18.2 Å². The number of hydrogen-bond donors (Lipinski definition) is 2. The molecule has 1 aromatic rings. The van der Waals surface area contributed by atoms with E-state index in [4.69, 9.17) is 0 Å². The van der Waals surface area contributed by atoms with E-state index < -0.39 is 0 Å². The van der Waals surface area contributed by atoms with Gasteiger partial charge in [0.2, 0.25) is 0 Å². The second-order valence-electron chi connectivity index (χ2n) is 3.32. The van der Waals surface area contributed by atoms with Crippen molar-refractivity contribution in [1.82, 2.24) is 10.6 Å². The molecule has 5 heteroatoms. The standard InChI is InChI=1S/C11H15FN2O.ClH/c1-8-7-9(12)3-4-10(8)11(15)14-6-5-13-2;/h3-4,7,13H,5-6H2,1-2H3,(H,14,15);1H. The summed E-state index contributed by atoms with van der Waals surface area (Å²) >= 11 is 0. The fraction of sp³-hybridized carbons (Fsp3) is 0.364. The van der Waals surface area contributed by atoms with Crippen LogP contribution in [-0.2, 0) is 0 Å². The van der Waals surface area contributed by atoms with E-state index in [2.05, 4.69) is 10.6 Å². The van der Waals surface area contributed by atoms with Crippen LogP contribution in [0.1, 0.15) is 15.9 Å². The van der Waals surface area contributed by atoms with Gasteiger partial charge in [0.05, 0.1) is 0 Å². The predicted molar refractivity (Wildman–Crippen MR) is 64.6 cm³/mol. The summed E-state index contributed by atoms with van der Waals surface area (Å²) < 4.78 is 12.8. The van der Waals surface area contributed by atoms with E-state index in [1.807, 2.05) is 7.05 Å². The number of halogens is 2. The van der Waals surface area contributed by atoms with E-state index in [9.17, 15) is 9.18 Å². The number of carbonyl (C=O) groups is 1. The summed E-state index contributed by atoms with van der Waals surface area (Å²) in [5.74, 6) is -0.484. The van der Waals surface area contributed by atoms with Crippen LogP contribution >= 0.6 is 12.4 Å². The van der Waals surface area contributed by atoms with Gasteiger partial charge in [-0.25, -0.2) is 4.39 Å². The van der Waals surface area contributed by atoms with Crippen LogP contribution in [0.25, 0.3) is 0 Å². The lowest BCUT2D eigenvalue weighted by molar-refractivity contribution is 0.0953. The molecule has 1 rings (SSSR count). The summed E-state index contributed by atoms with van der Waals surface area (Å²) in [6.45, 7) is 2.99. The topological polar surface area (TPSA) is 41.1 Å². The number of hydrogen-bond acceptors (Lipinski definition) is 2. The van der Waals surface area contributed by atoms with Crippen molar-refractivity contribution in [3.8, 4) is 0 Å². The van der Waals surface area contributed by atoms with E-state index >= 15 is 0 Å². The zero-order valence-corrected chi connectivity index (χ0v) is 10.2. The molecular formula is C11H16ClFN2O. The minimum atomic E-state index is -0.320. The summed E-state index contributed by atoms with van der Waals surface area (Å²) in [5, 5.41) is 5.66. The number of rotatable bonds is 4. The molecule has 0 bridgehead atoms. The van der Waals surface area contributed by atoms with Gasteiger partial charge in [-0.2, -0.15) is 0 Å². The molecule has 0 spiro atoms. The van der Waals surface area contributed by atoms with Gasteiger partial charge in [-0.15, -0.1) is 12.4 Å². The third-order valence-electron chi connectivity index (χ3n) is 2.09. The SMILES string of the molecule is CNCCNC(=O)c1ccc(F)cc1C.Cl. The van der Waals surface area contributed by atoms with E-state index in [0.717, 1.165) is 0 Å². The van der Waals surface area contributed by atoms with Crippen LogP contribution in [-0.4, -0.2) is 26.0 Å². The molecule has 0 saturated heterocycles. The molecule has 1 amide bonds. The zero-order valence-electron chi connectivity index (χ0n) is 9.34. The van der Waals surface area contributed by atoms with Gasteiger partial charge < -0.3 is 10.6 Å². The van der Waals surface area contributed by atoms with Crippen LogP contribution in [0.4, 0.5) is 4.39 Å². The molecule has 0 radical (unpaired) electrons. The average molecular weight is 247 g/mol. The van der Waals surface area contributed by atoms with Crippen LogP contribution in [0.2, 0.25) is 0 Å². The van der Waals surface area contributed by atoms with Gasteiger partial charge in [0.15, 0.2) is 0 Å². The second-order valence-corrected chi connectivity index (χ2v) is 3.32. The van der Waals surface area contributed by atoms with E-state index in [0.29, 0.717) is 24.2 Å². The molecule has 16 heavy (non-hydrogen) atoms. The molecular weight excluding hydrogens is 231 g/mol. The Bertz CT molecular complexity index is 358. The van der Waals surface area contributed by atoms with Gasteiger partial charge in [0, 0.05) is 18.7 Å². The molecule has 2 N–H and O–H groups in total. The number of nitrogens with one attached hydrogen (secondary N) is 2. The number of benzene rings is 1. The van der Waals surface area contributed by atoms with Crippen molar-refractivity contribution in [3.63, 3.8) is 0 Å². The summed E-state index contributed by atoms with van der Waals surface area (Å²) in [5.41, 5.74) is 1.17. The van der Waals surface area contributed by atoms with Crippen molar-refractivity contribution in [1.29, 1.82) is 0 Å². The lowest BCUT2D eigenvalue weighted by Gasteiger charge is -2.07. The van der Waals surface area contributed by atoms with Crippen LogP contribution in [0.15, 0.2) is 18.2 Å². The first-order valence-corrected chi connectivity index (χ1v) is 4.84. The van der Waals surface area contributed by atoms with Crippen molar-refractivity contribution >= 4 is 18.3 Å². The van der Waals surface area contributed by atoms with Gasteiger partial charge >= 0.3 is 0 Å². The van der Waals surface area contributed by atoms with E-state index in [1.54, 1.807) is 6.92 Å². The van der Waals surface area contributed by atoms with Gasteiger partial charge in [-0.05, 0) is 37.7 Å². The van der Waals surface area contributed by atoms with Crippen LogP contribution in [0, 0.1) is 12.7 Å². The summed E-state index contributed by atoms with van der Waals surface area (Å²) in [6, 6.07) is 4.15. The number of carbonyl (C=O) groups excluding carboxylic acids is 1. The molecule has 0 atom stereocenters. The van der Waals surface area contributed by atoms with Crippen molar-refractivity contribution < 1.29 is 9.18 Å². The predicted octanol–water partition coefficient (Wildman–Crippen LogP) is 1.51. The zero-order chi connectivity index (χ0) is 11.3. The molecule has 90 valence electrons. The van der Waals surface area contributed by atoms with Crippen molar-refractivity contribution in [2.24, 2.45) is 0 Å². The minimum Gasteiger partial charge on any atom is -0.351 e. The number of amides is 1. The van der Waals surface area contributed by atoms with Crippen LogP contribution in [0.5, 0.6) is 0 Å². The first-order chi connectivity index (χ1) is 7.15. The Morgan fingerprint density at radius 1 is 1.38 bits per heavy atom. The second kappa shape index (κ2) is 7.19. The van der Waals surface area contributed by atoms with Crippen molar-refractivity contribution in [2.45, 2.75) is 6.92 Å². The highest BCUT2D eigenvalue weighted by atomic mass is 35.5. The first kappa shape index (κ1) is 14.9. The molecule has 0 aliphatic heterocycles. The van der Waals surface area contributed by atoms with Crippen molar-refractivity contribution in [3.05, 3.63) is 35.1 Å². The molecule has 0 heterocycles. The Morgan fingerprint density at radius 2 is 2.06 bits per heavy atom. The largest absolute Gasteiger partial charge is 0.351 e. The fourth-order valence-electron chi connectivity index (χ4n) is 1.28. The molecule has 0 saturated carbocycles. The number of likely N-dealkylation sites (N-methyl/N-ethyl adjacent to an activating group) is 1. The van der Waals surface area contributed by atoms with Crippen molar-refractivity contribution in [2.75, 3.05) is 20.1 Å². The van der Waals surface area contributed by atoms with Gasteiger partial charge in [0.25, 0.3) is 5.91 Å². The highest BCUT2D eigenvalue weighted by Gasteiger charge is 2.08. The molecule has 1 aromatic carbocycles. The minimum absolute atomic E-state index is 0. The molecule has 0 fully saturated rings. The molecule has 3 nitrogen and oxygen atoms in total. The Kier molecular flexibility index (Phi) is 6.69. The summed E-state index contributed by atoms with van der Waals surface area (Å²) in [4.78, 5) is 11.6. The Labute approximate surface area is 101 Å². The Morgan fingerprint density at radius 3 is 2.62 bits per heavy atom. The van der Waals surface area contributed by atoms with E-state index in [-0.39, 0.29) is 24.1 Å². The lowest BCUT2D eigenvalue weighted by atomic mass is 10.1. The van der Waals surface area contributed by atoms with Gasteiger partial charge in [-0.1, -0.05) is 0 Å². The maximum absolute atomic E-state index is 12.8. The lowest BCUT2D eigenvalue weighted by Crippen LogP contribution is -2.30. The molecule has 0 aliphatic rings. The van der Waals surface area contributed by atoms with Gasteiger partial charge in [-0.3, -0.25) is 4.79 Å². The summed E-state index contributed by atoms with van der Waals surface area (Å²) in [7, 11) is 1.81. The maximum Gasteiger partial charge on any atom is 0.251 e. The fourth-order valence-corrected chi connectivity index (χ4v) is 1.28. The highest BCUT2D eigenvalue weighted by molar-refractivity contribution is 5.95. The normalized spacial score (nSPS) is 9.44. The molecule has 0 aromatic heterocycles. The Balaban J connectivity index is 0.00000225. The maximum atomic E-state index is 12.8. The third kappa shape index (κ3) is 4.16. The third-order valence-corrected chi connectivity index (χ3v) is 2.09. The quantitative estimate of drug-likeness (QED) is 0.791. The first-order valence-electron chi connectivity index (χ1n) is 4.84. The van der Waals surface area contributed by atoms with Crippen LogP contribution in [0.3, 0.4) is 0 Å².